The van der Waals surface area contributed by atoms with Gasteiger partial charge in [0.05, 0.1) is 17.6 Å². The van der Waals surface area contributed by atoms with Gasteiger partial charge in [-0.05, 0) is 99.6 Å². The van der Waals surface area contributed by atoms with E-state index >= 15 is 0 Å². The molecule has 2 aromatic carbocycles. The molecule has 8 nitrogen and oxygen atoms in total. The lowest BCUT2D eigenvalue weighted by molar-refractivity contribution is -0.199. The molecule has 3 N–H and O–H groups in total. The number of rotatable bonds is 10. The molecule has 2 aromatic rings. The smallest absolute Gasteiger partial charge is 0.457 e. The summed E-state index contributed by atoms with van der Waals surface area (Å²) in [7, 11) is -0.505. The predicted octanol–water partition coefficient (Wildman–Crippen LogP) is 5.39. The molecule has 0 radical (unpaired) electrons. The van der Waals surface area contributed by atoms with Gasteiger partial charge in [0.1, 0.15) is 17.5 Å². The van der Waals surface area contributed by atoms with Crippen LogP contribution in [0.25, 0.3) is 0 Å². The van der Waals surface area contributed by atoms with Crippen molar-refractivity contribution in [2.45, 2.75) is 89.4 Å². The summed E-state index contributed by atoms with van der Waals surface area (Å²) in [6.45, 7) is 8.03. The van der Waals surface area contributed by atoms with Gasteiger partial charge in [-0.3, -0.25) is 9.59 Å². The lowest BCUT2D eigenvalue weighted by Gasteiger charge is -2.64. The van der Waals surface area contributed by atoms with Gasteiger partial charge in [0.25, 0.3) is 5.91 Å². The molecule has 2 heterocycles. The molecule has 43 heavy (non-hydrogen) atoms. The van der Waals surface area contributed by atoms with Crippen LogP contribution in [-0.4, -0.2) is 60.6 Å². The molecule has 2 saturated heterocycles. The van der Waals surface area contributed by atoms with E-state index in [2.05, 4.69) is 26.1 Å². The van der Waals surface area contributed by atoms with E-state index < -0.39 is 13.2 Å². The van der Waals surface area contributed by atoms with E-state index in [9.17, 15) is 9.59 Å². The number of halogens is 1. The first-order chi connectivity index (χ1) is 20.2. The number of benzene rings is 2. The number of carbonyl (C=O) groups excluding carboxylic acids is 2. The third kappa shape index (κ3) is 6.06. The number of amides is 2. The van der Waals surface area contributed by atoms with Gasteiger partial charge in [0, 0.05) is 12.1 Å². The van der Waals surface area contributed by atoms with E-state index in [-0.39, 0.29) is 47.3 Å². The molecule has 0 unspecified atom stereocenters. The third-order valence-corrected chi connectivity index (χ3v) is 10.5. The number of nitrogens with one attached hydrogen (secondary N) is 1. The molecule has 10 heteroatoms. The van der Waals surface area contributed by atoms with E-state index in [1.165, 1.54) is 6.42 Å². The van der Waals surface area contributed by atoms with Gasteiger partial charge in [-0.15, -0.1) is 12.4 Å². The summed E-state index contributed by atoms with van der Waals surface area (Å²) < 4.78 is 19.2. The highest BCUT2D eigenvalue weighted by Gasteiger charge is 2.68. The Labute approximate surface area is 261 Å². The zero-order valence-corrected chi connectivity index (χ0v) is 26.3. The summed E-state index contributed by atoms with van der Waals surface area (Å²) >= 11 is 0. The number of hydrogen-bond donors (Lipinski definition) is 2. The molecular formula is C33H45BClN3O5. The Bertz CT molecular complexity index is 1300. The maximum atomic E-state index is 13.8. The molecule has 0 spiro atoms. The highest BCUT2D eigenvalue weighted by atomic mass is 35.5. The monoisotopic (exact) mass is 609 g/mol. The Kier molecular flexibility index (Phi) is 9.47. The van der Waals surface area contributed by atoms with Crippen LogP contribution >= 0.6 is 12.4 Å². The van der Waals surface area contributed by atoms with Crippen molar-refractivity contribution in [2.24, 2.45) is 23.0 Å². The Morgan fingerprint density at radius 2 is 1.86 bits per heavy atom. The Hall–Kier alpha value is -2.59. The summed E-state index contributed by atoms with van der Waals surface area (Å²) in [4.78, 5) is 29.2. The number of ether oxygens (including phenoxy) is 1. The zero-order chi connectivity index (χ0) is 29.5. The third-order valence-electron chi connectivity index (χ3n) is 10.5. The fraction of sp³-hybridized carbons (Fsp3) is 0.576. The summed E-state index contributed by atoms with van der Waals surface area (Å²) in [5.74, 6) is 1.77. The molecule has 0 aromatic heterocycles. The number of para-hydroxylation sites is 1. The second-order valence-electron chi connectivity index (χ2n) is 13.3. The zero-order valence-electron chi connectivity index (χ0n) is 25.5. The molecule has 2 bridgehead atoms. The van der Waals surface area contributed by atoms with Gasteiger partial charge < -0.3 is 30.0 Å². The van der Waals surface area contributed by atoms with Gasteiger partial charge >= 0.3 is 7.12 Å². The average Bonchev–Trinajstić information content (AvgIpc) is 3.61. The fourth-order valence-corrected chi connectivity index (χ4v) is 7.90. The normalized spacial score (nSPS) is 29.2. The molecule has 3 saturated carbocycles. The largest absolute Gasteiger partial charge is 0.481 e. The number of unbranched alkanes of at least 4 members (excludes halogenated alkanes) is 1. The van der Waals surface area contributed by atoms with Crippen molar-refractivity contribution in [3.8, 4) is 11.5 Å². The van der Waals surface area contributed by atoms with Crippen LogP contribution in [0.4, 0.5) is 0 Å². The predicted molar refractivity (Wildman–Crippen MR) is 169 cm³/mol. The van der Waals surface area contributed by atoms with E-state index in [0.717, 1.165) is 25.7 Å². The fourth-order valence-electron chi connectivity index (χ4n) is 7.90. The van der Waals surface area contributed by atoms with Crippen molar-refractivity contribution in [3.63, 3.8) is 0 Å². The summed E-state index contributed by atoms with van der Waals surface area (Å²) in [6, 6.07) is 16.1. The number of carbonyl (C=O) groups is 2. The lowest BCUT2D eigenvalue weighted by atomic mass is 9.43. The second kappa shape index (κ2) is 12.8. The number of nitrogens with two attached hydrogens (primary N) is 1. The standard InChI is InChI=1S/C33H44BN3O5.ClH/c1-32(2)23-20-27(32)33(3)28(21-23)41-34(42-33)29(16-7-8-17-35)36-30(38)26-15-10-18-37(26)31(39)22-11-9-14-25(19-22)40-24-12-5-4-6-13-24;/h4-6,9,11-14,19,23,26-29H,7-8,10,15-18,20-21,35H2,1-3H3,(H,36,38);1H/t23-,26-,27-,28+,29-,33-;/m0./s1. The summed E-state index contributed by atoms with van der Waals surface area (Å²) in [6.07, 6.45) is 6.07. The van der Waals surface area contributed by atoms with Crippen molar-refractivity contribution in [3.05, 3.63) is 60.2 Å². The number of hydrogen-bond acceptors (Lipinski definition) is 6. The van der Waals surface area contributed by atoms with Crippen LogP contribution in [0, 0.1) is 17.3 Å². The van der Waals surface area contributed by atoms with Crippen LogP contribution in [-0.2, 0) is 14.1 Å². The molecular weight excluding hydrogens is 565 g/mol. The molecule has 5 fully saturated rings. The molecule has 3 aliphatic carbocycles. The van der Waals surface area contributed by atoms with Gasteiger partial charge in [0.2, 0.25) is 5.91 Å². The van der Waals surface area contributed by atoms with E-state index in [1.54, 1.807) is 17.0 Å². The minimum Gasteiger partial charge on any atom is -0.457 e. The summed E-state index contributed by atoms with van der Waals surface area (Å²) in [5.41, 5.74) is 6.20. The Morgan fingerprint density at radius 3 is 2.60 bits per heavy atom. The minimum absolute atomic E-state index is 0. The molecule has 232 valence electrons. The van der Waals surface area contributed by atoms with E-state index in [1.807, 2.05) is 42.5 Å². The minimum atomic E-state index is -0.542. The van der Waals surface area contributed by atoms with Crippen LogP contribution in [0.3, 0.4) is 0 Å². The molecule has 6 atom stereocenters. The maximum absolute atomic E-state index is 13.8. The maximum Gasteiger partial charge on any atom is 0.481 e. The van der Waals surface area contributed by atoms with Crippen LogP contribution < -0.4 is 15.8 Å². The lowest BCUT2D eigenvalue weighted by Crippen LogP contribution is -2.65. The summed E-state index contributed by atoms with van der Waals surface area (Å²) in [5, 5.41) is 3.27. The van der Waals surface area contributed by atoms with Crippen molar-refractivity contribution >= 4 is 31.3 Å². The van der Waals surface area contributed by atoms with Gasteiger partial charge in [-0.1, -0.05) is 44.5 Å². The molecule has 7 rings (SSSR count). The highest BCUT2D eigenvalue weighted by molar-refractivity contribution is 6.47. The average molecular weight is 610 g/mol. The molecule has 2 aliphatic heterocycles. The van der Waals surface area contributed by atoms with Crippen LogP contribution in [0.1, 0.15) is 76.1 Å². The Morgan fingerprint density at radius 1 is 1.09 bits per heavy atom. The van der Waals surface area contributed by atoms with Crippen LogP contribution in [0.15, 0.2) is 54.6 Å². The van der Waals surface area contributed by atoms with E-state index in [0.29, 0.717) is 54.8 Å². The first-order valence-electron chi connectivity index (χ1n) is 15.7. The van der Waals surface area contributed by atoms with E-state index in [4.69, 9.17) is 19.8 Å². The number of likely N-dealkylation sites (tertiary alicyclic amines) is 1. The van der Waals surface area contributed by atoms with Gasteiger partial charge in [-0.2, -0.15) is 0 Å². The highest BCUT2D eigenvalue weighted by Crippen LogP contribution is 2.65. The van der Waals surface area contributed by atoms with Crippen LogP contribution in [0.5, 0.6) is 11.5 Å². The van der Waals surface area contributed by atoms with Crippen molar-refractivity contribution in [1.29, 1.82) is 0 Å². The van der Waals surface area contributed by atoms with Gasteiger partial charge in [0.15, 0.2) is 0 Å². The van der Waals surface area contributed by atoms with Crippen molar-refractivity contribution in [1.82, 2.24) is 10.2 Å². The first kappa shape index (κ1) is 31.8. The first-order valence-corrected chi connectivity index (χ1v) is 15.7. The van der Waals surface area contributed by atoms with Crippen molar-refractivity contribution in [2.75, 3.05) is 13.1 Å². The van der Waals surface area contributed by atoms with Crippen LogP contribution in [0.2, 0.25) is 0 Å². The molecule has 5 aliphatic rings. The Balaban J connectivity index is 0.00000368. The number of nitrogens with zero attached hydrogens (tertiary/aromatic N) is 1. The van der Waals surface area contributed by atoms with Crippen molar-refractivity contribution < 1.29 is 23.6 Å². The molecule has 2 amide bonds. The topological polar surface area (TPSA) is 103 Å². The second-order valence-corrected chi connectivity index (χ2v) is 13.3. The quantitative estimate of drug-likeness (QED) is 0.277. The van der Waals surface area contributed by atoms with Gasteiger partial charge in [-0.25, -0.2) is 0 Å². The SMILES string of the molecule is CC1(C)[C@@H]2C[C@H]3OB([C@H](CCCCN)NC(=O)[C@@H]4CCCN4C(=O)c4cccc(Oc5ccccc5)c4)O[C@@]3(C)[C@H]1C2.Cl.